The molecule has 3 rings (SSSR count). The number of rotatable bonds is 6. The third kappa shape index (κ3) is 4.64. The average Bonchev–Trinajstić information content (AvgIpc) is 3.10. The maximum atomic E-state index is 12.0. The first-order valence-electron chi connectivity index (χ1n) is 8.02. The van der Waals surface area contributed by atoms with Gasteiger partial charge in [-0.15, -0.1) is 10.2 Å². The molecule has 0 radical (unpaired) electrons. The van der Waals surface area contributed by atoms with E-state index in [0.29, 0.717) is 17.4 Å². The number of aromatic nitrogens is 4. The van der Waals surface area contributed by atoms with E-state index in [1.165, 1.54) is 10.4 Å². The molecule has 0 saturated carbocycles. The number of halogens is 1. The van der Waals surface area contributed by atoms with E-state index in [9.17, 15) is 4.79 Å². The summed E-state index contributed by atoms with van der Waals surface area (Å²) < 4.78 is 0. The van der Waals surface area contributed by atoms with Gasteiger partial charge in [0.1, 0.15) is 6.54 Å². The third-order valence-electron chi connectivity index (χ3n) is 3.76. The molecule has 25 heavy (non-hydrogen) atoms. The summed E-state index contributed by atoms with van der Waals surface area (Å²) in [6.45, 7) is 2.55. The van der Waals surface area contributed by atoms with Gasteiger partial charge in [0.2, 0.25) is 11.7 Å². The van der Waals surface area contributed by atoms with Crippen molar-refractivity contribution in [3.8, 4) is 11.4 Å². The van der Waals surface area contributed by atoms with Crippen LogP contribution in [0.4, 0.5) is 0 Å². The fourth-order valence-corrected chi connectivity index (χ4v) is 2.43. The topological polar surface area (TPSA) is 72.7 Å². The summed E-state index contributed by atoms with van der Waals surface area (Å²) >= 11 is 5.84. The number of aryl methyl sites for hydroxylation is 1. The molecule has 0 bridgehead atoms. The number of amides is 1. The SMILES string of the molecule is CCc1ccc(-c2nnn(CC(=O)NCc3ccc(Cl)cc3)n2)cc1. The Bertz CT molecular complexity index is 843. The van der Waals surface area contributed by atoms with Crippen LogP contribution < -0.4 is 5.32 Å². The van der Waals surface area contributed by atoms with Gasteiger partial charge in [0, 0.05) is 17.1 Å². The van der Waals surface area contributed by atoms with E-state index in [1.54, 1.807) is 12.1 Å². The van der Waals surface area contributed by atoms with E-state index in [1.807, 2.05) is 36.4 Å². The van der Waals surface area contributed by atoms with Crippen LogP contribution in [0, 0.1) is 0 Å². The van der Waals surface area contributed by atoms with Crippen molar-refractivity contribution in [1.82, 2.24) is 25.5 Å². The Labute approximate surface area is 150 Å². The van der Waals surface area contributed by atoms with E-state index in [-0.39, 0.29) is 12.5 Å². The van der Waals surface area contributed by atoms with Crippen LogP contribution in [0.1, 0.15) is 18.1 Å². The smallest absolute Gasteiger partial charge is 0.243 e. The van der Waals surface area contributed by atoms with E-state index < -0.39 is 0 Å². The van der Waals surface area contributed by atoms with Gasteiger partial charge < -0.3 is 5.32 Å². The number of nitrogens with one attached hydrogen (secondary N) is 1. The lowest BCUT2D eigenvalue weighted by molar-refractivity contribution is -0.122. The van der Waals surface area contributed by atoms with Crippen LogP contribution in [0.5, 0.6) is 0 Å². The molecule has 0 aliphatic carbocycles. The van der Waals surface area contributed by atoms with Crippen molar-refractivity contribution in [2.45, 2.75) is 26.4 Å². The van der Waals surface area contributed by atoms with Crippen molar-refractivity contribution in [1.29, 1.82) is 0 Å². The minimum absolute atomic E-state index is 0.0215. The molecule has 1 aromatic heterocycles. The second kappa shape index (κ2) is 7.90. The zero-order chi connectivity index (χ0) is 17.6. The van der Waals surface area contributed by atoms with Crippen molar-refractivity contribution < 1.29 is 4.79 Å². The van der Waals surface area contributed by atoms with E-state index in [4.69, 9.17) is 11.6 Å². The number of hydrogen-bond donors (Lipinski definition) is 1. The maximum Gasteiger partial charge on any atom is 0.243 e. The molecule has 128 valence electrons. The number of nitrogens with zero attached hydrogens (tertiary/aromatic N) is 4. The maximum absolute atomic E-state index is 12.0. The number of tetrazole rings is 1. The van der Waals surface area contributed by atoms with Gasteiger partial charge in [0.15, 0.2) is 0 Å². The fourth-order valence-electron chi connectivity index (χ4n) is 2.30. The Morgan fingerprint density at radius 1 is 1.08 bits per heavy atom. The van der Waals surface area contributed by atoms with Gasteiger partial charge in [-0.25, -0.2) is 0 Å². The summed E-state index contributed by atoms with van der Waals surface area (Å²) in [5.74, 6) is 0.327. The van der Waals surface area contributed by atoms with Gasteiger partial charge in [-0.1, -0.05) is 54.9 Å². The summed E-state index contributed by atoms with van der Waals surface area (Å²) in [6.07, 6.45) is 0.980. The lowest BCUT2D eigenvalue weighted by Gasteiger charge is -2.04. The molecule has 7 heteroatoms. The molecule has 1 amide bonds. The van der Waals surface area contributed by atoms with Crippen molar-refractivity contribution in [3.63, 3.8) is 0 Å². The van der Waals surface area contributed by atoms with Crippen molar-refractivity contribution >= 4 is 17.5 Å². The van der Waals surface area contributed by atoms with Gasteiger partial charge in [-0.2, -0.15) is 4.80 Å². The lowest BCUT2D eigenvalue weighted by atomic mass is 10.1. The lowest BCUT2D eigenvalue weighted by Crippen LogP contribution is -2.28. The minimum Gasteiger partial charge on any atom is -0.350 e. The normalized spacial score (nSPS) is 10.6. The predicted octanol–water partition coefficient (Wildman–Crippen LogP) is 2.87. The molecule has 0 aliphatic rings. The highest BCUT2D eigenvalue weighted by atomic mass is 35.5. The Morgan fingerprint density at radius 3 is 2.44 bits per heavy atom. The summed E-state index contributed by atoms with van der Waals surface area (Å²) in [5, 5.41) is 15.7. The quantitative estimate of drug-likeness (QED) is 0.738. The molecule has 0 aliphatic heterocycles. The van der Waals surface area contributed by atoms with Crippen molar-refractivity contribution in [3.05, 3.63) is 64.7 Å². The Kier molecular flexibility index (Phi) is 5.40. The molecule has 0 fully saturated rings. The first-order valence-corrected chi connectivity index (χ1v) is 8.40. The Morgan fingerprint density at radius 2 is 1.76 bits per heavy atom. The summed E-state index contributed by atoms with van der Waals surface area (Å²) in [5.41, 5.74) is 3.10. The third-order valence-corrected chi connectivity index (χ3v) is 4.01. The highest BCUT2D eigenvalue weighted by Gasteiger charge is 2.09. The average molecular weight is 356 g/mol. The van der Waals surface area contributed by atoms with Crippen molar-refractivity contribution in [2.75, 3.05) is 0 Å². The fraction of sp³-hybridized carbons (Fsp3) is 0.222. The van der Waals surface area contributed by atoms with Crippen LogP contribution in [0.25, 0.3) is 11.4 Å². The monoisotopic (exact) mass is 355 g/mol. The highest BCUT2D eigenvalue weighted by molar-refractivity contribution is 6.30. The Hall–Kier alpha value is -2.73. The summed E-state index contributed by atoms with van der Waals surface area (Å²) in [7, 11) is 0. The van der Waals surface area contributed by atoms with Crippen LogP contribution in [0.2, 0.25) is 5.02 Å². The van der Waals surface area contributed by atoms with Gasteiger partial charge in [0.25, 0.3) is 0 Å². The van der Waals surface area contributed by atoms with Gasteiger partial charge in [-0.3, -0.25) is 4.79 Å². The summed E-state index contributed by atoms with van der Waals surface area (Å²) in [4.78, 5) is 13.3. The standard InChI is InChI=1S/C18H18ClN5O/c1-2-13-3-7-15(8-4-13)18-21-23-24(22-18)12-17(25)20-11-14-5-9-16(19)10-6-14/h3-10H,2,11-12H2,1H3,(H,20,25). The molecule has 1 N–H and O–H groups in total. The second-order valence-electron chi connectivity index (χ2n) is 5.60. The second-order valence-corrected chi connectivity index (χ2v) is 6.03. The van der Waals surface area contributed by atoms with E-state index in [2.05, 4.69) is 27.7 Å². The number of benzene rings is 2. The minimum atomic E-state index is -0.180. The van der Waals surface area contributed by atoms with Gasteiger partial charge >= 0.3 is 0 Å². The zero-order valence-corrected chi connectivity index (χ0v) is 14.6. The molecular weight excluding hydrogens is 338 g/mol. The van der Waals surface area contributed by atoms with Crippen LogP contribution in [-0.2, 0) is 24.3 Å². The first-order chi connectivity index (χ1) is 12.1. The molecule has 6 nitrogen and oxygen atoms in total. The number of carbonyl (C=O) groups is 1. The largest absolute Gasteiger partial charge is 0.350 e. The van der Waals surface area contributed by atoms with E-state index >= 15 is 0 Å². The molecule has 0 atom stereocenters. The van der Waals surface area contributed by atoms with Crippen LogP contribution >= 0.6 is 11.6 Å². The molecular formula is C18H18ClN5O. The highest BCUT2D eigenvalue weighted by Crippen LogP contribution is 2.14. The molecule has 0 unspecified atom stereocenters. The predicted molar refractivity (Wildman–Crippen MR) is 95.9 cm³/mol. The number of hydrogen-bond acceptors (Lipinski definition) is 4. The molecule has 3 aromatic rings. The van der Waals surface area contributed by atoms with E-state index in [0.717, 1.165) is 17.5 Å². The van der Waals surface area contributed by atoms with Crippen LogP contribution in [0.15, 0.2) is 48.5 Å². The summed E-state index contributed by atoms with van der Waals surface area (Å²) in [6, 6.07) is 15.3. The molecule has 2 aromatic carbocycles. The van der Waals surface area contributed by atoms with Crippen molar-refractivity contribution in [2.24, 2.45) is 0 Å². The number of carbonyl (C=O) groups excluding carboxylic acids is 1. The van der Waals surface area contributed by atoms with Gasteiger partial charge in [0.05, 0.1) is 0 Å². The molecule has 0 spiro atoms. The molecule has 0 saturated heterocycles. The van der Waals surface area contributed by atoms with Crippen LogP contribution in [-0.4, -0.2) is 26.1 Å². The molecule has 1 heterocycles. The van der Waals surface area contributed by atoms with Gasteiger partial charge in [-0.05, 0) is 34.9 Å². The first kappa shape index (κ1) is 17.1. The van der Waals surface area contributed by atoms with Crippen LogP contribution in [0.3, 0.4) is 0 Å². The zero-order valence-electron chi connectivity index (χ0n) is 13.8. The Balaban J connectivity index is 1.56.